The van der Waals surface area contributed by atoms with E-state index in [2.05, 4.69) is 0 Å². The van der Waals surface area contributed by atoms with Crippen molar-refractivity contribution < 1.29 is 14.3 Å². The highest BCUT2D eigenvalue weighted by Gasteiger charge is 2.54. The molecule has 3 aliphatic rings. The lowest BCUT2D eigenvalue weighted by Crippen LogP contribution is -2.52. The maximum absolute atomic E-state index is 12.8. The second-order valence-corrected chi connectivity index (χ2v) is 5.97. The lowest BCUT2D eigenvalue weighted by atomic mass is 9.74. The van der Waals surface area contributed by atoms with Crippen LogP contribution in [0.3, 0.4) is 0 Å². The third-order valence-corrected chi connectivity index (χ3v) is 4.96. The van der Waals surface area contributed by atoms with Gasteiger partial charge in [-0.1, -0.05) is 31.2 Å². The number of carbonyl (C=O) groups excluding carboxylic acids is 2. The van der Waals surface area contributed by atoms with E-state index in [9.17, 15) is 9.59 Å². The number of benzene rings is 1. The first-order valence-electron chi connectivity index (χ1n) is 7.49. The van der Waals surface area contributed by atoms with E-state index < -0.39 is 0 Å². The van der Waals surface area contributed by atoms with Crippen molar-refractivity contribution in [2.75, 3.05) is 0 Å². The van der Waals surface area contributed by atoms with E-state index in [0.29, 0.717) is 6.42 Å². The van der Waals surface area contributed by atoms with Crippen LogP contribution in [0.25, 0.3) is 6.08 Å². The summed E-state index contributed by atoms with van der Waals surface area (Å²) in [6, 6.07) is 7.84. The molecule has 0 unspecified atom stereocenters. The highest BCUT2D eigenvalue weighted by molar-refractivity contribution is 5.86. The third-order valence-electron chi connectivity index (χ3n) is 4.96. The summed E-state index contributed by atoms with van der Waals surface area (Å²) in [7, 11) is 0. The standard InChI is InChI=1S/C17H17NO3/c1-2-11-13-9-14(19)21-16(13)15-12-6-4-3-5-10(12)7-8-18(15)17(11)20/h3-8,11,13,15-16H,2,9H2,1H3/t11-,13+,15+,16+/m0/s1. The summed E-state index contributed by atoms with van der Waals surface area (Å²) >= 11 is 0. The van der Waals surface area contributed by atoms with Crippen molar-refractivity contribution in [2.45, 2.75) is 31.9 Å². The summed E-state index contributed by atoms with van der Waals surface area (Å²) in [5, 5.41) is 0. The third kappa shape index (κ3) is 1.68. The van der Waals surface area contributed by atoms with Crippen LogP contribution in [0.2, 0.25) is 0 Å². The number of nitrogens with zero attached hydrogens (tertiary/aromatic N) is 1. The van der Waals surface area contributed by atoms with Crippen LogP contribution in [-0.2, 0) is 14.3 Å². The Balaban J connectivity index is 1.84. The Morgan fingerprint density at radius 2 is 2.10 bits per heavy atom. The molecule has 4 atom stereocenters. The Morgan fingerprint density at radius 3 is 2.90 bits per heavy atom. The summed E-state index contributed by atoms with van der Waals surface area (Å²) in [5.41, 5.74) is 2.18. The molecule has 4 rings (SSSR count). The minimum atomic E-state index is -0.216. The molecule has 4 heteroatoms. The number of fused-ring (bicyclic) bond motifs is 5. The fourth-order valence-electron chi connectivity index (χ4n) is 4.00. The molecular weight excluding hydrogens is 266 g/mol. The van der Waals surface area contributed by atoms with Crippen LogP contribution in [0.5, 0.6) is 0 Å². The summed E-state index contributed by atoms with van der Waals surface area (Å²) in [6.45, 7) is 2.00. The van der Waals surface area contributed by atoms with Gasteiger partial charge in [-0.2, -0.15) is 0 Å². The molecule has 1 aromatic carbocycles. The van der Waals surface area contributed by atoms with Gasteiger partial charge in [0, 0.05) is 18.0 Å². The molecule has 3 aliphatic heterocycles. The molecule has 0 radical (unpaired) electrons. The van der Waals surface area contributed by atoms with Crippen LogP contribution in [0, 0.1) is 11.8 Å². The normalized spacial score (nSPS) is 33.3. The summed E-state index contributed by atoms with van der Waals surface area (Å²) in [4.78, 5) is 26.3. The van der Waals surface area contributed by atoms with Gasteiger partial charge in [0.15, 0.2) is 0 Å². The van der Waals surface area contributed by atoms with Gasteiger partial charge in [0.05, 0.1) is 12.5 Å². The van der Waals surface area contributed by atoms with Gasteiger partial charge in [0.1, 0.15) is 6.10 Å². The molecule has 108 valence electrons. The first-order valence-corrected chi connectivity index (χ1v) is 7.49. The Bertz CT molecular complexity index is 651. The number of piperidine rings is 1. The number of ether oxygens (including phenoxy) is 1. The van der Waals surface area contributed by atoms with Gasteiger partial charge in [-0.25, -0.2) is 0 Å². The van der Waals surface area contributed by atoms with Crippen LogP contribution < -0.4 is 0 Å². The SMILES string of the molecule is CC[C@@H]1C(=O)N2C=Cc3ccccc3[C@@H]2[C@@H]2OC(=O)C[C@@H]21. The van der Waals surface area contributed by atoms with Crippen LogP contribution in [0.15, 0.2) is 30.5 Å². The summed E-state index contributed by atoms with van der Waals surface area (Å²) in [6.07, 6.45) is 4.71. The molecule has 0 aromatic heterocycles. The van der Waals surface area contributed by atoms with Gasteiger partial charge in [0.2, 0.25) is 5.91 Å². The highest BCUT2D eigenvalue weighted by Crippen LogP contribution is 2.48. The molecule has 0 saturated carbocycles. The quantitative estimate of drug-likeness (QED) is 0.744. The van der Waals surface area contributed by atoms with Crippen LogP contribution >= 0.6 is 0 Å². The first-order chi connectivity index (χ1) is 10.2. The number of amides is 1. The fourth-order valence-corrected chi connectivity index (χ4v) is 4.00. The molecule has 2 saturated heterocycles. The zero-order chi connectivity index (χ0) is 14.6. The monoisotopic (exact) mass is 283 g/mol. The van der Waals surface area contributed by atoms with Crippen molar-refractivity contribution in [2.24, 2.45) is 11.8 Å². The van der Waals surface area contributed by atoms with Crippen molar-refractivity contribution in [3.8, 4) is 0 Å². The van der Waals surface area contributed by atoms with Gasteiger partial charge in [-0.15, -0.1) is 0 Å². The second-order valence-electron chi connectivity index (χ2n) is 5.97. The highest BCUT2D eigenvalue weighted by atomic mass is 16.6. The van der Waals surface area contributed by atoms with Crippen LogP contribution in [0.1, 0.15) is 36.9 Å². The lowest BCUT2D eigenvalue weighted by molar-refractivity contribution is -0.155. The average molecular weight is 283 g/mol. The molecule has 1 amide bonds. The number of hydrogen-bond acceptors (Lipinski definition) is 3. The predicted octanol–water partition coefficient (Wildman–Crippen LogP) is 2.51. The molecule has 2 fully saturated rings. The molecule has 21 heavy (non-hydrogen) atoms. The fraction of sp³-hybridized carbons (Fsp3) is 0.412. The minimum absolute atomic E-state index is 0.0100. The molecule has 4 nitrogen and oxygen atoms in total. The largest absolute Gasteiger partial charge is 0.459 e. The molecule has 0 bridgehead atoms. The van der Waals surface area contributed by atoms with E-state index >= 15 is 0 Å². The van der Waals surface area contributed by atoms with Crippen molar-refractivity contribution in [3.63, 3.8) is 0 Å². The number of carbonyl (C=O) groups is 2. The van der Waals surface area contributed by atoms with E-state index in [4.69, 9.17) is 4.74 Å². The maximum Gasteiger partial charge on any atom is 0.306 e. The van der Waals surface area contributed by atoms with E-state index in [1.54, 1.807) is 4.90 Å². The van der Waals surface area contributed by atoms with Crippen molar-refractivity contribution in [1.29, 1.82) is 0 Å². The smallest absolute Gasteiger partial charge is 0.306 e. The van der Waals surface area contributed by atoms with Crippen molar-refractivity contribution >= 4 is 18.0 Å². The molecule has 0 aliphatic carbocycles. The molecule has 1 aromatic rings. The maximum atomic E-state index is 12.8. The Morgan fingerprint density at radius 1 is 1.29 bits per heavy atom. The van der Waals surface area contributed by atoms with E-state index in [-0.39, 0.29) is 35.9 Å². The lowest BCUT2D eigenvalue weighted by Gasteiger charge is -2.45. The van der Waals surface area contributed by atoms with Crippen molar-refractivity contribution in [3.05, 3.63) is 41.6 Å². The van der Waals surface area contributed by atoms with Gasteiger partial charge >= 0.3 is 5.97 Å². The Kier molecular flexibility index (Phi) is 2.67. The number of esters is 1. The van der Waals surface area contributed by atoms with Gasteiger partial charge in [-0.05, 0) is 23.6 Å². The molecular formula is C17H17NO3. The second kappa shape index (κ2) is 4.45. The summed E-state index contributed by atoms with van der Waals surface area (Å²) < 4.78 is 5.61. The van der Waals surface area contributed by atoms with E-state index in [0.717, 1.165) is 17.5 Å². The van der Waals surface area contributed by atoms with E-state index in [1.165, 1.54) is 0 Å². The number of hydrogen-bond donors (Lipinski definition) is 0. The van der Waals surface area contributed by atoms with Crippen LogP contribution in [-0.4, -0.2) is 22.9 Å². The number of rotatable bonds is 1. The zero-order valence-corrected chi connectivity index (χ0v) is 11.9. The molecule has 0 spiro atoms. The first kappa shape index (κ1) is 12.6. The topological polar surface area (TPSA) is 46.6 Å². The molecule has 3 heterocycles. The minimum Gasteiger partial charge on any atom is -0.459 e. The Labute approximate surface area is 123 Å². The van der Waals surface area contributed by atoms with E-state index in [1.807, 2.05) is 43.5 Å². The summed E-state index contributed by atoms with van der Waals surface area (Å²) in [5.74, 6) is -0.165. The van der Waals surface area contributed by atoms with Gasteiger partial charge in [0.25, 0.3) is 0 Å². The zero-order valence-electron chi connectivity index (χ0n) is 11.9. The molecule has 0 N–H and O–H groups in total. The van der Waals surface area contributed by atoms with Crippen molar-refractivity contribution in [1.82, 2.24) is 4.90 Å². The Hall–Kier alpha value is -2.10. The predicted molar refractivity (Wildman–Crippen MR) is 76.8 cm³/mol. The van der Waals surface area contributed by atoms with Crippen LogP contribution in [0.4, 0.5) is 0 Å². The van der Waals surface area contributed by atoms with Gasteiger partial charge in [-0.3, -0.25) is 9.59 Å². The average Bonchev–Trinajstić information content (AvgIpc) is 2.88. The van der Waals surface area contributed by atoms with Gasteiger partial charge < -0.3 is 9.64 Å².